The van der Waals surface area contributed by atoms with Gasteiger partial charge in [0.1, 0.15) is 12.2 Å². The number of nitrogens with two attached hydrogens (primary N) is 1. The van der Waals surface area contributed by atoms with Crippen molar-refractivity contribution in [3.05, 3.63) is 22.5 Å². The average molecular weight is 352 g/mol. The molecule has 10 heteroatoms. The number of halogens is 3. The Kier molecular flexibility index (Phi) is 4.65. The van der Waals surface area contributed by atoms with Crippen molar-refractivity contribution in [2.45, 2.75) is 36.3 Å². The van der Waals surface area contributed by atoms with Gasteiger partial charge in [0, 0.05) is 5.38 Å². The molecule has 2 heterocycles. The number of aromatic nitrogens is 2. The van der Waals surface area contributed by atoms with Gasteiger partial charge in [0.25, 0.3) is 0 Å². The van der Waals surface area contributed by atoms with Crippen molar-refractivity contribution in [2.24, 2.45) is 0 Å². The van der Waals surface area contributed by atoms with E-state index in [2.05, 4.69) is 10.9 Å². The van der Waals surface area contributed by atoms with Crippen LogP contribution in [-0.4, -0.2) is 43.0 Å². The molecule has 0 saturated carbocycles. The quantitative estimate of drug-likeness (QED) is 0.502. The zero-order valence-electron chi connectivity index (χ0n) is 11.2. The first-order chi connectivity index (χ1) is 10.2. The first-order valence-electron chi connectivity index (χ1n) is 6.09. The predicted octanol–water partition coefficient (Wildman–Crippen LogP) is -0.219. The van der Waals surface area contributed by atoms with E-state index in [9.17, 15) is 19.4 Å². The fourth-order valence-electron chi connectivity index (χ4n) is 2.19. The molecule has 1 aromatic rings. The van der Waals surface area contributed by atoms with E-state index in [1.54, 1.807) is 0 Å². The summed E-state index contributed by atoms with van der Waals surface area (Å²) in [6.07, 6.45) is -4.47. The monoisotopic (exact) mass is 351 g/mol. The zero-order chi connectivity index (χ0) is 16.7. The molecule has 1 aromatic heterocycles. The van der Waals surface area contributed by atoms with Crippen LogP contribution in [0.5, 0.6) is 0 Å². The van der Waals surface area contributed by atoms with Crippen LogP contribution in [0.25, 0.3) is 0 Å². The van der Waals surface area contributed by atoms with E-state index in [1.165, 1.54) is 6.92 Å². The first kappa shape index (κ1) is 17.0. The number of anilines is 1. The molecular formula is C12H12Cl2FN3O4. The second-order valence-corrected chi connectivity index (χ2v) is 5.60. The predicted molar refractivity (Wildman–Crippen MR) is 76.7 cm³/mol. The van der Waals surface area contributed by atoms with Crippen molar-refractivity contribution in [3.63, 3.8) is 0 Å². The van der Waals surface area contributed by atoms with Gasteiger partial charge in [-0.1, -0.05) is 17.5 Å². The lowest BCUT2D eigenvalue weighted by Gasteiger charge is -2.25. The Bertz CT molecular complexity index is 702. The highest BCUT2D eigenvalue weighted by Gasteiger charge is 2.57. The largest absolute Gasteiger partial charge is 0.391 e. The molecule has 5 atom stereocenters. The Hall–Kier alpha value is -1.37. The first-order valence-corrected chi connectivity index (χ1v) is 6.85. The number of rotatable bonds is 2. The molecule has 7 nitrogen and oxygen atoms in total. The summed E-state index contributed by atoms with van der Waals surface area (Å²) in [7, 11) is 0. The fourth-order valence-corrected chi connectivity index (χ4v) is 2.72. The molecule has 0 bridgehead atoms. The molecule has 0 aliphatic carbocycles. The summed E-state index contributed by atoms with van der Waals surface area (Å²) in [5.74, 6) is 0.755. The molecule has 4 N–H and O–H groups in total. The Balaban J connectivity index is 2.59. The third-order valence-corrected chi connectivity index (χ3v) is 3.89. The van der Waals surface area contributed by atoms with E-state index >= 15 is 0 Å². The second kappa shape index (κ2) is 6.02. The maximum Gasteiger partial charge on any atom is 0.351 e. The van der Waals surface area contributed by atoms with Crippen LogP contribution in [0, 0.1) is 17.1 Å². The molecule has 1 aliphatic rings. The molecule has 2 rings (SSSR count). The number of hydrogen-bond acceptors (Lipinski definition) is 6. The molecule has 22 heavy (non-hydrogen) atoms. The highest BCUT2D eigenvalue weighted by molar-refractivity contribution is 6.32. The smallest absolute Gasteiger partial charge is 0.351 e. The average Bonchev–Trinajstić information content (AvgIpc) is 2.68. The van der Waals surface area contributed by atoms with Crippen LogP contribution in [0.15, 0.2) is 11.0 Å². The molecule has 120 valence electrons. The highest BCUT2D eigenvalue weighted by Crippen LogP contribution is 2.43. The molecule has 0 spiro atoms. The SMILES string of the molecule is C[C@@H](O)[C@H]1O[C@@H](n2cc(F)c(N)nc2=O)C(Cl)(C#CCl)[C@H]1O. The summed E-state index contributed by atoms with van der Waals surface area (Å²) in [6.45, 7) is 1.35. The molecule has 1 fully saturated rings. The standard InChI is InChI=1S/C12H12Cl2FN3O4/c1-5(19)7-8(20)12(14,2-3-13)10(22-7)18-4-6(15)9(16)17-11(18)21/h4-5,7-8,10,19-20H,1H3,(H2,16,17,21)/t5-,7-,8+,10-,12?/m1/s1. The number of nitrogens with zero attached hydrogens (tertiary/aromatic N) is 2. The number of nitrogen functional groups attached to an aromatic ring is 1. The van der Waals surface area contributed by atoms with Crippen molar-refractivity contribution >= 4 is 29.0 Å². The van der Waals surface area contributed by atoms with Crippen LogP contribution in [-0.2, 0) is 4.74 Å². The normalized spacial score (nSPS) is 32.4. The second-order valence-electron chi connectivity index (χ2n) is 4.79. The van der Waals surface area contributed by atoms with Gasteiger partial charge in [-0.2, -0.15) is 4.98 Å². The van der Waals surface area contributed by atoms with E-state index in [-0.39, 0.29) is 0 Å². The maximum atomic E-state index is 13.6. The van der Waals surface area contributed by atoms with Crippen LogP contribution in [0.1, 0.15) is 13.2 Å². The van der Waals surface area contributed by atoms with Crippen molar-refractivity contribution in [1.82, 2.24) is 9.55 Å². The van der Waals surface area contributed by atoms with Crippen LogP contribution >= 0.6 is 23.2 Å². The fraction of sp³-hybridized carbons (Fsp3) is 0.500. The summed E-state index contributed by atoms with van der Waals surface area (Å²) in [4.78, 5) is 13.3. The minimum absolute atomic E-state index is 0.588. The van der Waals surface area contributed by atoms with Crippen molar-refractivity contribution in [2.75, 3.05) is 5.73 Å². The lowest BCUT2D eigenvalue weighted by Crippen LogP contribution is -2.44. The van der Waals surface area contributed by atoms with E-state index < -0.39 is 46.7 Å². The minimum Gasteiger partial charge on any atom is -0.391 e. The molecular weight excluding hydrogens is 340 g/mol. The van der Waals surface area contributed by atoms with Gasteiger partial charge in [-0.3, -0.25) is 4.57 Å². The third-order valence-electron chi connectivity index (χ3n) is 3.29. The van der Waals surface area contributed by atoms with Crippen molar-refractivity contribution in [1.29, 1.82) is 0 Å². The number of hydrogen-bond donors (Lipinski definition) is 3. The molecule has 1 unspecified atom stereocenters. The molecule has 0 amide bonds. The minimum atomic E-state index is -1.88. The Morgan fingerprint density at radius 3 is 2.86 bits per heavy atom. The summed E-state index contributed by atoms with van der Waals surface area (Å²) < 4.78 is 19.7. The van der Waals surface area contributed by atoms with Gasteiger partial charge in [0.2, 0.25) is 0 Å². The lowest BCUT2D eigenvalue weighted by atomic mass is 9.97. The van der Waals surface area contributed by atoms with E-state index in [0.717, 1.165) is 6.20 Å². The summed E-state index contributed by atoms with van der Waals surface area (Å²) in [6, 6.07) is 0. The molecule has 1 aliphatic heterocycles. The molecule has 1 saturated heterocycles. The Morgan fingerprint density at radius 2 is 2.32 bits per heavy atom. The van der Waals surface area contributed by atoms with Gasteiger partial charge < -0.3 is 20.7 Å². The van der Waals surface area contributed by atoms with Crippen LogP contribution in [0.3, 0.4) is 0 Å². The van der Waals surface area contributed by atoms with Gasteiger partial charge in [-0.15, -0.1) is 0 Å². The van der Waals surface area contributed by atoms with E-state index in [1.807, 2.05) is 5.38 Å². The van der Waals surface area contributed by atoms with Gasteiger partial charge in [0.05, 0.1) is 12.3 Å². The lowest BCUT2D eigenvalue weighted by molar-refractivity contribution is -0.0774. The van der Waals surface area contributed by atoms with Gasteiger partial charge in [0.15, 0.2) is 22.7 Å². The van der Waals surface area contributed by atoms with Gasteiger partial charge in [-0.05, 0) is 18.5 Å². The van der Waals surface area contributed by atoms with Gasteiger partial charge in [-0.25, -0.2) is 9.18 Å². The Labute approximate surface area is 134 Å². The summed E-state index contributed by atoms with van der Waals surface area (Å²) in [5, 5.41) is 21.9. The summed E-state index contributed by atoms with van der Waals surface area (Å²) >= 11 is 11.6. The van der Waals surface area contributed by atoms with E-state index in [0.29, 0.717) is 4.57 Å². The number of aliphatic hydroxyl groups is 2. The van der Waals surface area contributed by atoms with Crippen molar-refractivity contribution < 1.29 is 19.3 Å². The van der Waals surface area contributed by atoms with Crippen LogP contribution in [0.2, 0.25) is 0 Å². The van der Waals surface area contributed by atoms with Crippen LogP contribution in [0.4, 0.5) is 10.2 Å². The summed E-state index contributed by atoms with van der Waals surface area (Å²) in [5.41, 5.74) is 4.25. The molecule has 0 radical (unpaired) electrons. The van der Waals surface area contributed by atoms with Crippen LogP contribution < -0.4 is 11.4 Å². The zero-order valence-corrected chi connectivity index (χ0v) is 12.7. The number of aliphatic hydroxyl groups excluding tert-OH is 2. The van der Waals surface area contributed by atoms with Crippen molar-refractivity contribution in [3.8, 4) is 11.3 Å². The highest BCUT2D eigenvalue weighted by atomic mass is 35.5. The number of alkyl halides is 1. The van der Waals surface area contributed by atoms with Gasteiger partial charge >= 0.3 is 5.69 Å². The molecule has 0 aromatic carbocycles. The maximum absolute atomic E-state index is 13.6. The number of ether oxygens (including phenoxy) is 1. The van der Waals surface area contributed by atoms with E-state index in [4.69, 9.17) is 33.7 Å². The topological polar surface area (TPSA) is 111 Å². The third kappa shape index (κ3) is 2.66. The Morgan fingerprint density at radius 1 is 1.68 bits per heavy atom.